The molecule has 0 radical (unpaired) electrons. The van der Waals surface area contributed by atoms with Crippen molar-refractivity contribution in [2.45, 2.75) is 25.6 Å². The molecule has 7 nitrogen and oxygen atoms in total. The fourth-order valence-corrected chi connectivity index (χ4v) is 5.24. The summed E-state index contributed by atoms with van der Waals surface area (Å²) in [6.45, 7) is 3.69. The van der Waals surface area contributed by atoms with Crippen LogP contribution in [-0.2, 0) is 16.1 Å². The topological polar surface area (TPSA) is 83.8 Å². The van der Waals surface area contributed by atoms with Gasteiger partial charge in [0.15, 0.2) is 0 Å². The van der Waals surface area contributed by atoms with Gasteiger partial charge in [-0.3, -0.25) is 14.5 Å². The monoisotopic (exact) mass is 429 g/mol. The molecular formula is C23H28FN3O4. The highest BCUT2D eigenvalue weighted by atomic mass is 19.1. The third-order valence-electron chi connectivity index (χ3n) is 6.61. The highest BCUT2D eigenvalue weighted by molar-refractivity contribution is 5.80. The van der Waals surface area contributed by atoms with Gasteiger partial charge in [-0.2, -0.15) is 0 Å². The normalized spacial score (nSPS) is 24.8. The van der Waals surface area contributed by atoms with Crippen LogP contribution in [-0.4, -0.2) is 59.9 Å². The van der Waals surface area contributed by atoms with E-state index < -0.39 is 11.7 Å². The zero-order chi connectivity index (χ0) is 22.1. The number of hydrogen-bond donors (Lipinski definition) is 2. The molecule has 3 heterocycles. The Kier molecular flexibility index (Phi) is 6.22. The molecule has 4 atom stereocenters. The molecule has 1 aromatic heterocycles. The lowest BCUT2D eigenvalue weighted by Gasteiger charge is -2.37. The zero-order valence-electron chi connectivity index (χ0n) is 17.8. The average molecular weight is 429 g/mol. The van der Waals surface area contributed by atoms with E-state index in [9.17, 15) is 19.1 Å². The van der Waals surface area contributed by atoms with Gasteiger partial charge < -0.3 is 19.7 Å². The second-order valence-electron chi connectivity index (χ2n) is 8.07. The van der Waals surface area contributed by atoms with Crippen LogP contribution in [0.3, 0.4) is 0 Å². The van der Waals surface area contributed by atoms with Crippen LogP contribution in [0.25, 0.3) is 11.1 Å². The molecule has 2 aliphatic heterocycles. The summed E-state index contributed by atoms with van der Waals surface area (Å²) in [5, 5.41) is 13.1. The van der Waals surface area contributed by atoms with Crippen molar-refractivity contribution in [1.29, 1.82) is 0 Å². The fraction of sp³-hybridized carbons (Fsp3) is 0.478. The highest BCUT2D eigenvalue weighted by Crippen LogP contribution is 2.48. The molecule has 31 heavy (non-hydrogen) atoms. The van der Waals surface area contributed by atoms with Gasteiger partial charge in [0, 0.05) is 50.0 Å². The maximum Gasteiger partial charge on any atom is 0.258 e. The number of rotatable bonds is 7. The number of aliphatic hydroxyl groups is 1. The highest BCUT2D eigenvalue weighted by Gasteiger charge is 2.55. The molecular weight excluding hydrogens is 401 g/mol. The lowest BCUT2D eigenvalue weighted by molar-refractivity contribution is -0.127. The largest absolute Gasteiger partial charge is 0.396 e. The molecule has 1 aromatic carbocycles. The fourth-order valence-electron chi connectivity index (χ4n) is 5.24. The number of aromatic nitrogens is 1. The summed E-state index contributed by atoms with van der Waals surface area (Å²) in [4.78, 5) is 28.6. The summed E-state index contributed by atoms with van der Waals surface area (Å²) in [7, 11) is 1.57. The van der Waals surface area contributed by atoms with E-state index in [2.05, 4.69) is 10.2 Å². The molecule has 0 saturated carbocycles. The Morgan fingerprint density at radius 1 is 1.26 bits per heavy atom. The number of hydrogen-bond acceptors (Lipinski definition) is 5. The van der Waals surface area contributed by atoms with Crippen molar-refractivity contribution in [3.63, 3.8) is 0 Å². The van der Waals surface area contributed by atoms with Gasteiger partial charge in [-0.05, 0) is 24.7 Å². The molecule has 2 aromatic rings. The molecule has 8 heteroatoms. The minimum atomic E-state index is -0.487. The van der Waals surface area contributed by atoms with Crippen LogP contribution in [0.5, 0.6) is 0 Å². The van der Waals surface area contributed by atoms with E-state index in [1.807, 2.05) is 13.0 Å². The number of carbonyl (C=O) groups is 1. The van der Waals surface area contributed by atoms with Crippen LogP contribution in [0.2, 0.25) is 0 Å². The number of pyridine rings is 1. The maximum atomic E-state index is 14.3. The molecule has 1 saturated heterocycles. The molecule has 1 amide bonds. The lowest BCUT2D eigenvalue weighted by Crippen LogP contribution is -2.46. The predicted molar refractivity (Wildman–Crippen MR) is 114 cm³/mol. The first-order chi connectivity index (χ1) is 15.0. The third-order valence-corrected chi connectivity index (χ3v) is 6.61. The van der Waals surface area contributed by atoms with Crippen molar-refractivity contribution in [3.8, 4) is 11.1 Å². The number of fused-ring (bicyclic) bond motifs is 4. The first-order valence-electron chi connectivity index (χ1n) is 10.6. The minimum absolute atomic E-state index is 0.150. The number of halogens is 1. The minimum Gasteiger partial charge on any atom is -0.396 e. The molecule has 2 bridgehead atoms. The summed E-state index contributed by atoms with van der Waals surface area (Å²) >= 11 is 0. The molecule has 2 aliphatic rings. The summed E-state index contributed by atoms with van der Waals surface area (Å²) in [6.07, 6.45) is 0. The first kappa shape index (κ1) is 21.7. The lowest BCUT2D eigenvalue weighted by atomic mass is 9.86. The van der Waals surface area contributed by atoms with Crippen molar-refractivity contribution < 1.29 is 19.0 Å². The van der Waals surface area contributed by atoms with E-state index in [1.54, 1.807) is 35.9 Å². The quantitative estimate of drug-likeness (QED) is 0.650. The van der Waals surface area contributed by atoms with Gasteiger partial charge in [0.2, 0.25) is 5.91 Å². The molecule has 0 unspecified atom stereocenters. The number of aliphatic hydroxyl groups excluding tert-OH is 1. The molecule has 4 rings (SSSR count). The number of amides is 1. The zero-order valence-corrected chi connectivity index (χ0v) is 17.8. The molecule has 2 N–H and O–H groups in total. The molecule has 0 aliphatic carbocycles. The number of ether oxygens (including phenoxy) is 1. The van der Waals surface area contributed by atoms with E-state index >= 15 is 0 Å². The van der Waals surface area contributed by atoms with Gasteiger partial charge in [-0.1, -0.05) is 25.1 Å². The van der Waals surface area contributed by atoms with Gasteiger partial charge >= 0.3 is 0 Å². The average Bonchev–Trinajstić information content (AvgIpc) is 3.00. The van der Waals surface area contributed by atoms with Crippen LogP contribution in [0, 0.1) is 17.7 Å². The van der Waals surface area contributed by atoms with Crippen molar-refractivity contribution >= 4 is 5.91 Å². The van der Waals surface area contributed by atoms with Crippen molar-refractivity contribution in [2.24, 2.45) is 11.8 Å². The second kappa shape index (κ2) is 8.90. The maximum absolute atomic E-state index is 14.3. The van der Waals surface area contributed by atoms with E-state index in [0.717, 1.165) is 5.69 Å². The van der Waals surface area contributed by atoms with Crippen LogP contribution < -0.4 is 10.9 Å². The van der Waals surface area contributed by atoms with Crippen molar-refractivity contribution in [3.05, 3.63) is 58.3 Å². The van der Waals surface area contributed by atoms with Crippen LogP contribution in [0.1, 0.15) is 18.7 Å². The molecule has 166 valence electrons. The third kappa shape index (κ3) is 3.58. The van der Waals surface area contributed by atoms with E-state index in [1.165, 1.54) is 6.07 Å². The number of benzene rings is 1. The predicted octanol–water partition coefficient (Wildman–Crippen LogP) is 1.40. The standard InChI is InChI=1S/C23H28FN3O4/c1-3-26-19-12-27-18(9-8-15(23(27)30)14-6-4-5-7-17(14)24)21(26)20(16(19)13-28)22(29)25-10-11-31-2/h4-9,16,19-21,28H,3,10-13H2,1-2H3,(H,25,29)/t16-,19-,20+,21+/m0/s1. The Bertz CT molecular complexity index is 1020. The second-order valence-corrected chi connectivity index (χ2v) is 8.07. The summed E-state index contributed by atoms with van der Waals surface area (Å²) in [5.41, 5.74) is 1.02. The Morgan fingerprint density at radius 3 is 2.71 bits per heavy atom. The summed E-state index contributed by atoms with van der Waals surface area (Å²) < 4.78 is 21.0. The van der Waals surface area contributed by atoms with Crippen molar-refractivity contribution in [2.75, 3.05) is 33.4 Å². The number of nitrogens with zero attached hydrogens (tertiary/aromatic N) is 2. The number of nitrogens with one attached hydrogen (secondary N) is 1. The van der Waals surface area contributed by atoms with Gasteiger partial charge in [0.1, 0.15) is 5.82 Å². The van der Waals surface area contributed by atoms with Crippen LogP contribution in [0.4, 0.5) is 4.39 Å². The molecule has 0 spiro atoms. The van der Waals surface area contributed by atoms with Crippen LogP contribution >= 0.6 is 0 Å². The summed E-state index contributed by atoms with van der Waals surface area (Å²) in [5.74, 6) is -1.39. The SMILES string of the molecule is CCN1[C@@H]2c3ccc(-c4ccccc4F)c(=O)n3C[C@H]1[C@H](CO)[C@H]2C(=O)NCCOC. The summed E-state index contributed by atoms with van der Waals surface area (Å²) in [6, 6.07) is 9.21. The first-order valence-corrected chi connectivity index (χ1v) is 10.6. The Hall–Kier alpha value is -2.55. The Labute approximate surface area is 180 Å². The van der Waals surface area contributed by atoms with Gasteiger partial charge in [0.05, 0.1) is 24.1 Å². The molecule has 1 fully saturated rings. The van der Waals surface area contributed by atoms with E-state index in [0.29, 0.717) is 31.8 Å². The smallest absolute Gasteiger partial charge is 0.258 e. The number of likely N-dealkylation sites (N-methyl/N-ethyl adjacent to an activating group) is 1. The van der Waals surface area contributed by atoms with Gasteiger partial charge in [-0.15, -0.1) is 0 Å². The Morgan fingerprint density at radius 2 is 2.03 bits per heavy atom. The van der Waals surface area contributed by atoms with Crippen LogP contribution in [0.15, 0.2) is 41.2 Å². The van der Waals surface area contributed by atoms with E-state index in [-0.39, 0.29) is 41.6 Å². The van der Waals surface area contributed by atoms with Gasteiger partial charge in [-0.25, -0.2) is 4.39 Å². The number of carbonyl (C=O) groups excluding carboxylic acids is 1. The van der Waals surface area contributed by atoms with Crippen molar-refractivity contribution in [1.82, 2.24) is 14.8 Å². The van der Waals surface area contributed by atoms with E-state index in [4.69, 9.17) is 4.74 Å². The Balaban J connectivity index is 1.78. The van der Waals surface area contributed by atoms with Gasteiger partial charge in [0.25, 0.3) is 5.56 Å². The number of methoxy groups -OCH3 is 1.